The number of aliphatic carboxylic acids is 1. The molecular formula is C31H33FO4. The first kappa shape index (κ1) is 24.4. The summed E-state index contributed by atoms with van der Waals surface area (Å²) in [7, 11) is 1.60. The molecule has 1 unspecified atom stereocenters. The highest BCUT2D eigenvalue weighted by molar-refractivity contribution is 5.71. The smallest absolute Gasteiger partial charge is 0.303 e. The van der Waals surface area contributed by atoms with Gasteiger partial charge < -0.3 is 14.6 Å². The van der Waals surface area contributed by atoms with Gasteiger partial charge in [-0.05, 0) is 96.0 Å². The summed E-state index contributed by atoms with van der Waals surface area (Å²) in [6.45, 7) is 0.400. The number of carboxylic acids is 1. The Labute approximate surface area is 212 Å². The zero-order chi connectivity index (χ0) is 25.1. The van der Waals surface area contributed by atoms with Crippen molar-refractivity contribution < 1.29 is 23.8 Å². The number of rotatable bonds is 10. The maximum atomic E-state index is 14.9. The average Bonchev–Trinajstić information content (AvgIpc) is 3.59. The Morgan fingerprint density at radius 3 is 2.50 bits per heavy atom. The Balaban J connectivity index is 1.38. The molecule has 5 heteroatoms. The second kappa shape index (κ2) is 10.7. The summed E-state index contributed by atoms with van der Waals surface area (Å²) in [5.41, 5.74) is 4.74. The third-order valence-electron chi connectivity index (χ3n) is 7.65. The van der Waals surface area contributed by atoms with Crippen LogP contribution >= 0.6 is 0 Å². The normalized spacial score (nSPS) is 16.6. The van der Waals surface area contributed by atoms with E-state index in [2.05, 4.69) is 6.07 Å². The first-order valence-corrected chi connectivity index (χ1v) is 12.9. The van der Waals surface area contributed by atoms with E-state index in [0.717, 1.165) is 48.1 Å². The molecule has 1 atom stereocenters. The Hall–Kier alpha value is -3.34. The fraction of sp³-hybridized carbons (Fsp3) is 0.387. The Morgan fingerprint density at radius 2 is 1.78 bits per heavy atom. The van der Waals surface area contributed by atoms with Crippen molar-refractivity contribution in [3.63, 3.8) is 0 Å². The summed E-state index contributed by atoms with van der Waals surface area (Å²) in [5, 5.41) is 9.35. The van der Waals surface area contributed by atoms with Crippen LogP contribution in [0.1, 0.15) is 73.5 Å². The maximum Gasteiger partial charge on any atom is 0.303 e. The fourth-order valence-electron chi connectivity index (χ4n) is 5.60. The molecule has 5 rings (SSSR count). The summed E-state index contributed by atoms with van der Waals surface area (Å²) in [6, 6.07) is 18.9. The van der Waals surface area contributed by atoms with E-state index in [4.69, 9.17) is 9.47 Å². The van der Waals surface area contributed by atoms with E-state index >= 15 is 0 Å². The third-order valence-corrected chi connectivity index (χ3v) is 7.65. The predicted octanol–water partition coefficient (Wildman–Crippen LogP) is 7.71. The highest BCUT2D eigenvalue weighted by atomic mass is 19.1. The van der Waals surface area contributed by atoms with Gasteiger partial charge in [0.2, 0.25) is 0 Å². The molecule has 188 valence electrons. The van der Waals surface area contributed by atoms with E-state index in [1.165, 1.54) is 24.5 Å². The molecule has 3 aromatic carbocycles. The van der Waals surface area contributed by atoms with Crippen molar-refractivity contribution >= 4 is 5.97 Å². The second-order valence-corrected chi connectivity index (χ2v) is 10.2. The first-order chi connectivity index (χ1) is 17.5. The lowest BCUT2D eigenvalue weighted by atomic mass is 9.88. The van der Waals surface area contributed by atoms with Crippen molar-refractivity contribution in [2.24, 2.45) is 5.92 Å². The molecule has 0 spiro atoms. The highest BCUT2D eigenvalue weighted by Crippen LogP contribution is 2.45. The predicted molar refractivity (Wildman–Crippen MR) is 138 cm³/mol. The van der Waals surface area contributed by atoms with Crippen molar-refractivity contribution in [1.82, 2.24) is 0 Å². The minimum Gasteiger partial charge on any atom is -0.497 e. The number of hydrogen-bond donors (Lipinski definition) is 1. The van der Waals surface area contributed by atoms with Gasteiger partial charge in [-0.15, -0.1) is 0 Å². The van der Waals surface area contributed by atoms with E-state index in [9.17, 15) is 14.3 Å². The Morgan fingerprint density at radius 1 is 0.972 bits per heavy atom. The van der Waals surface area contributed by atoms with E-state index in [-0.39, 0.29) is 18.2 Å². The SMILES string of the molecule is COc1ccc(F)c(-c2ccc(COc3cccc(C(CC(=O)O)C4CC4)c3)cc2C2CCCC2)c1. The molecule has 0 aliphatic heterocycles. The highest BCUT2D eigenvalue weighted by Gasteiger charge is 2.33. The van der Waals surface area contributed by atoms with Crippen molar-refractivity contribution in [3.8, 4) is 22.6 Å². The van der Waals surface area contributed by atoms with Crippen LogP contribution in [0.5, 0.6) is 11.5 Å². The zero-order valence-electron chi connectivity index (χ0n) is 20.7. The van der Waals surface area contributed by atoms with Gasteiger partial charge in [0, 0.05) is 5.56 Å². The maximum absolute atomic E-state index is 14.9. The Bertz CT molecular complexity index is 1230. The van der Waals surface area contributed by atoms with Gasteiger partial charge in [-0.2, -0.15) is 0 Å². The molecule has 0 aromatic heterocycles. The van der Waals surface area contributed by atoms with Crippen LogP contribution < -0.4 is 9.47 Å². The first-order valence-electron chi connectivity index (χ1n) is 12.9. The topological polar surface area (TPSA) is 55.8 Å². The lowest BCUT2D eigenvalue weighted by molar-refractivity contribution is -0.137. The van der Waals surface area contributed by atoms with Crippen LogP contribution in [0.25, 0.3) is 11.1 Å². The fourth-order valence-corrected chi connectivity index (χ4v) is 5.60. The monoisotopic (exact) mass is 488 g/mol. The Kier molecular flexibility index (Phi) is 7.26. The average molecular weight is 489 g/mol. The van der Waals surface area contributed by atoms with Gasteiger partial charge in [0.15, 0.2) is 0 Å². The summed E-state index contributed by atoms with van der Waals surface area (Å²) in [4.78, 5) is 11.4. The van der Waals surface area contributed by atoms with E-state index < -0.39 is 5.97 Å². The van der Waals surface area contributed by atoms with Crippen LogP contribution in [0.3, 0.4) is 0 Å². The molecule has 3 aromatic rings. The van der Waals surface area contributed by atoms with Crippen LogP contribution in [-0.2, 0) is 11.4 Å². The van der Waals surface area contributed by atoms with Gasteiger partial charge in [-0.3, -0.25) is 4.79 Å². The summed E-state index contributed by atoms with van der Waals surface area (Å²) < 4.78 is 26.4. The molecule has 0 bridgehead atoms. The van der Waals surface area contributed by atoms with Crippen molar-refractivity contribution in [2.45, 2.75) is 63.4 Å². The molecule has 0 radical (unpaired) electrons. The molecule has 2 aliphatic rings. The van der Waals surface area contributed by atoms with E-state index in [1.54, 1.807) is 19.2 Å². The van der Waals surface area contributed by atoms with Gasteiger partial charge in [-0.25, -0.2) is 4.39 Å². The lowest BCUT2D eigenvalue weighted by Gasteiger charge is -2.19. The largest absolute Gasteiger partial charge is 0.497 e. The number of carboxylic acid groups (broad SMARTS) is 1. The zero-order valence-corrected chi connectivity index (χ0v) is 20.7. The number of benzene rings is 3. The summed E-state index contributed by atoms with van der Waals surface area (Å²) in [6.07, 6.45) is 6.93. The summed E-state index contributed by atoms with van der Waals surface area (Å²) in [5.74, 6) is 1.28. The molecule has 2 saturated carbocycles. The third kappa shape index (κ3) is 5.56. The molecule has 0 heterocycles. The van der Waals surface area contributed by atoms with Crippen LogP contribution in [0.2, 0.25) is 0 Å². The molecule has 2 fully saturated rings. The van der Waals surface area contributed by atoms with Crippen molar-refractivity contribution in [1.29, 1.82) is 0 Å². The van der Waals surface area contributed by atoms with E-state index in [0.29, 0.717) is 29.8 Å². The number of hydrogen-bond acceptors (Lipinski definition) is 3. The minimum atomic E-state index is -0.759. The molecule has 0 amide bonds. The van der Waals surface area contributed by atoms with Crippen LogP contribution in [0.15, 0.2) is 60.7 Å². The lowest BCUT2D eigenvalue weighted by Crippen LogP contribution is -2.08. The molecule has 1 N–H and O–H groups in total. The standard InChI is InChI=1S/C31H33FO4/c1-35-24-12-14-30(32)29(17-24)26-13-9-20(15-28(26)21-5-2-3-6-21)19-36-25-8-4-7-23(16-25)27(18-31(33)34)22-10-11-22/h4,7-9,12-17,21-22,27H,2-3,5-6,10-11,18-19H2,1H3,(H,33,34). The molecule has 0 saturated heterocycles. The van der Waals surface area contributed by atoms with Gasteiger partial charge >= 0.3 is 5.97 Å². The van der Waals surface area contributed by atoms with Crippen molar-refractivity contribution in [2.75, 3.05) is 7.11 Å². The molecule has 4 nitrogen and oxygen atoms in total. The van der Waals surface area contributed by atoms with E-state index in [1.807, 2.05) is 36.4 Å². The van der Waals surface area contributed by atoms with Gasteiger partial charge in [0.1, 0.15) is 23.9 Å². The molecule has 2 aliphatic carbocycles. The minimum absolute atomic E-state index is 0.0389. The second-order valence-electron chi connectivity index (χ2n) is 10.2. The number of ether oxygens (including phenoxy) is 2. The molecular weight excluding hydrogens is 455 g/mol. The van der Waals surface area contributed by atoms with Crippen LogP contribution in [0.4, 0.5) is 4.39 Å². The number of carbonyl (C=O) groups is 1. The van der Waals surface area contributed by atoms with Gasteiger partial charge in [0.25, 0.3) is 0 Å². The molecule has 36 heavy (non-hydrogen) atoms. The van der Waals surface area contributed by atoms with Crippen molar-refractivity contribution in [3.05, 3.63) is 83.2 Å². The number of methoxy groups -OCH3 is 1. The van der Waals surface area contributed by atoms with Gasteiger partial charge in [-0.1, -0.05) is 43.2 Å². The summed E-state index contributed by atoms with van der Waals surface area (Å²) >= 11 is 0. The number of halogens is 1. The van der Waals surface area contributed by atoms with Crippen LogP contribution in [-0.4, -0.2) is 18.2 Å². The quantitative estimate of drug-likeness (QED) is 0.318. The van der Waals surface area contributed by atoms with Crippen LogP contribution in [0, 0.1) is 11.7 Å². The van der Waals surface area contributed by atoms with Gasteiger partial charge in [0.05, 0.1) is 13.5 Å².